The lowest BCUT2D eigenvalue weighted by Crippen LogP contribution is -2.45. The van der Waals surface area contributed by atoms with Gasteiger partial charge in [-0.3, -0.25) is 4.79 Å². The van der Waals surface area contributed by atoms with Gasteiger partial charge in [0.25, 0.3) is 0 Å². The molecule has 0 unspecified atom stereocenters. The minimum atomic E-state index is -0.906. The molecule has 0 atom stereocenters. The van der Waals surface area contributed by atoms with Crippen molar-refractivity contribution in [3.8, 4) is 6.07 Å². The predicted molar refractivity (Wildman–Crippen MR) is 64.9 cm³/mol. The first-order valence-electron chi connectivity index (χ1n) is 6.24. The third-order valence-electron chi connectivity index (χ3n) is 2.95. The number of rotatable bonds is 7. The molecular formula is C12H19N3O3. The molecule has 0 spiro atoms. The van der Waals surface area contributed by atoms with Crippen LogP contribution < -0.4 is 0 Å². The Hall–Kier alpha value is -1.77. The molecule has 6 nitrogen and oxygen atoms in total. The fraction of sp³-hybridized carbons (Fsp3) is 0.750. The molecule has 6 heteroatoms. The molecule has 2 amide bonds. The number of nitrogens with zero attached hydrogens (tertiary/aromatic N) is 3. The monoisotopic (exact) mass is 253 g/mol. The number of carboxylic acids is 1. The van der Waals surface area contributed by atoms with Crippen LogP contribution in [0.25, 0.3) is 0 Å². The van der Waals surface area contributed by atoms with E-state index >= 15 is 0 Å². The van der Waals surface area contributed by atoms with Crippen molar-refractivity contribution in [2.24, 2.45) is 0 Å². The van der Waals surface area contributed by atoms with Crippen LogP contribution in [0.2, 0.25) is 0 Å². The summed E-state index contributed by atoms with van der Waals surface area (Å²) in [6.45, 7) is 2.97. The van der Waals surface area contributed by atoms with Crippen molar-refractivity contribution in [2.45, 2.75) is 38.6 Å². The highest BCUT2D eigenvalue weighted by Gasteiger charge is 2.34. The summed E-state index contributed by atoms with van der Waals surface area (Å²) in [6, 6.07) is 2.13. The number of urea groups is 1. The Morgan fingerprint density at radius 2 is 2.06 bits per heavy atom. The highest BCUT2D eigenvalue weighted by molar-refractivity contribution is 5.76. The number of aliphatic carboxylic acids is 1. The molecule has 0 heterocycles. The standard InChI is InChI=1S/C12H19N3O3/c1-2-14(9-6-11(16)17)12(18)15(8-3-7-13)10-4-5-10/h10H,2-6,8-9H2,1H3,(H,16,17). The van der Waals surface area contributed by atoms with E-state index in [0.29, 0.717) is 19.5 Å². The molecule has 0 aliphatic heterocycles. The van der Waals surface area contributed by atoms with Gasteiger partial charge in [-0.15, -0.1) is 0 Å². The first-order valence-corrected chi connectivity index (χ1v) is 6.24. The van der Waals surface area contributed by atoms with Gasteiger partial charge in [-0.2, -0.15) is 5.26 Å². The van der Waals surface area contributed by atoms with Crippen LogP contribution >= 0.6 is 0 Å². The van der Waals surface area contributed by atoms with Crippen LogP contribution in [0.3, 0.4) is 0 Å². The van der Waals surface area contributed by atoms with E-state index in [-0.39, 0.29) is 25.0 Å². The summed E-state index contributed by atoms with van der Waals surface area (Å²) in [5.74, 6) is -0.906. The van der Waals surface area contributed by atoms with Crippen molar-refractivity contribution in [3.05, 3.63) is 0 Å². The molecule has 1 N–H and O–H groups in total. The normalized spacial score (nSPS) is 13.8. The number of carbonyl (C=O) groups is 2. The van der Waals surface area contributed by atoms with E-state index in [4.69, 9.17) is 10.4 Å². The van der Waals surface area contributed by atoms with Crippen LogP contribution in [0, 0.1) is 11.3 Å². The second-order valence-corrected chi connectivity index (χ2v) is 4.34. The Morgan fingerprint density at radius 3 is 2.50 bits per heavy atom. The molecule has 0 saturated heterocycles. The summed E-state index contributed by atoms with van der Waals surface area (Å²) in [6.07, 6.45) is 2.23. The molecule has 100 valence electrons. The van der Waals surface area contributed by atoms with Gasteiger partial charge in [0.15, 0.2) is 0 Å². The second kappa shape index (κ2) is 6.84. The van der Waals surface area contributed by atoms with Crippen LogP contribution in [-0.4, -0.2) is 52.6 Å². The lowest BCUT2D eigenvalue weighted by Gasteiger charge is -2.29. The summed E-state index contributed by atoms with van der Waals surface area (Å²) >= 11 is 0. The minimum Gasteiger partial charge on any atom is -0.481 e. The van der Waals surface area contributed by atoms with Gasteiger partial charge in [0, 0.05) is 25.7 Å². The lowest BCUT2D eigenvalue weighted by atomic mass is 10.3. The lowest BCUT2D eigenvalue weighted by molar-refractivity contribution is -0.137. The molecule has 0 radical (unpaired) electrons. The quantitative estimate of drug-likeness (QED) is 0.740. The summed E-state index contributed by atoms with van der Waals surface area (Å²) in [7, 11) is 0. The maximum absolute atomic E-state index is 12.2. The maximum Gasteiger partial charge on any atom is 0.320 e. The van der Waals surface area contributed by atoms with Crippen LogP contribution in [0.5, 0.6) is 0 Å². The Kier molecular flexibility index (Phi) is 5.43. The van der Waals surface area contributed by atoms with Gasteiger partial charge in [-0.1, -0.05) is 0 Å². The van der Waals surface area contributed by atoms with Crippen LogP contribution in [0.4, 0.5) is 4.79 Å². The van der Waals surface area contributed by atoms with Crippen LogP contribution in [-0.2, 0) is 4.79 Å². The van der Waals surface area contributed by atoms with Gasteiger partial charge < -0.3 is 14.9 Å². The Bertz CT molecular complexity index is 347. The molecular weight excluding hydrogens is 234 g/mol. The molecule has 0 aromatic heterocycles. The van der Waals surface area contributed by atoms with E-state index in [2.05, 4.69) is 0 Å². The van der Waals surface area contributed by atoms with Gasteiger partial charge in [0.05, 0.1) is 18.9 Å². The number of hydrogen-bond donors (Lipinski definition) is 1. The number of carbonyl (C=O) groups excluding carboxylic acids is 1. The average Bonchev–Trinajstić information content (AvgIpc) is 3.14. The third-order valence-corrected chi connectivity index (χ3v) is 2.95. The SMILES string of the molecule is CCN(CCC(=O)O)C(=O)N(CCC#N)C1CC1. The molecule has 18 heavy (non-hydrogen) atoms. The van der Waals surface area contributed by atoms with E-state index in [9.17, 15) is 9.59 Å². The fourth-order valence-corrected chi connectivity index (χ4v) is 1.79. The second-order valence-electron chi connectivity index (χ2n) is 4.34. The fourth-order valence-electron chi connectivity index (χ4n) is 1.79. The van der Waals surface area contributed by atoms with Crippen molar-refractivity contribution in [2.75, 3.05) is 19.6 Å². The Morgan fingerprint density at radius 1 is 1.39 bits per heavy atom. The molecule has 0 bridgehead atoms. The zero-order valence-corrected chi connectivity index (χ0v) is 10.6. The number of amides is 2. The summed E-state index contributed by atoms with van der Waals surface area (Å²) in [5, 5.41) is 17.2. The highest BCUT2D eigenvalue weighted by atomic mass is 16.4. The maximum atomic E-state index is 12.2. The van der Waals surface area contributed by atoms with E-state index in [1.165, 1.54) is 4.90 Å². The molecule has 1 aliphatic carbocycles. The molecule has 1 saturated carbocycles. The number of hydrogen-bond acceptors (Lipinski definition) is 3. The molecule has 1 aliphatic rings. The first-order chi connectivity index (χ1) is 8.60. The zero-order valence-electron chi connectivity index (χ0n) is 10.6. The van der Waals surface area contributed by atoms with Crippen molar-refractivity contribution in [3.63, 3.8) is 0 Å². The average molecular weight is 253 g/mol. The number of nitriles is 1. The smallest absolute Gasteiger partial charge is 0.320 e. The largest absolute Gasteiger partial charge is 0.481 e. The van der Waals surface area contributed by atoms with Gasteiger partial charge in [0.2, 0.25) is 0 Å². The highest BCUT2D eigenvalue weighted by Crippen LogP contribution is 2.27. The third kappa shape index (κ3) is 4.24. The van der Waals surface area contributed by atoms with Crippen molar-refractivity contribution < 1.29 is 14.7 Å². The predicted octanol–water partition coefficient (Wildman–Crippen LogP) is 1.28. The Balaban J connectivity index is 2.55. The van der Waals surface area contributed by atoms with E-state index < -0.39 is 5.97 Å². The zero-order chi connectivity index (χ0) is 13.5. The Labute approximate surface area is 107 Å². The van der Waals surface area contributed by atoms with Gasteiger partial charge in [-0.25, -0.2) is 4.79 Å². The van der Waals surface area contributed by atoms with Gasteiger partial charge in [0.1, 0.15) is 0 Å². The van der Waals surface area contributed by atoms with E-state index in [1.807, 2.05) is 13.0 Å². The topological polar surface area (TPSA) is 84.6 Å². The van der Waals surface area contributed by atoms with E-state index in [0.717, 1.165) is 12.8 Å². The molecule has 0 aromatic carbocycles. The summed E-state index contributed by atoms with van der Waals surface area (Å²) < 4.78 is 0. The molecule has 1 fully saturated rings. The van der Waals surface area contributed by atoms with Crippen LogP contribution in [0.1, 0.15) is 32.6 Å². The van der Waals surface area contributed by atoms with Crippen LogP contribution in [0.15, 0.2) is 0 Å². The van der Waals surface area contributed by atoms with Gasteiger partial charge >= 0.3 is 12.0 Å². The van der Waals surface area contributed by atoms with E-state index in [1.54, 1.807) is 4.90 Å². The minimum absolute atomic E-state index is 0.0453. The molecule has 0 aromatic rings. The first kappa shape index (κ1) is 14.3. The van der Waals surface area contributed by atoms with Gasteiger partial charge in [-0.05, 0) is 19.8 Å². The van der Waals surface area contributed by atoms with Crippen molar-refractivity contribution >= 4 is 12.0 Å². The van der Waals surface area contributed by atoms with Crippen molar-refractivity contribution in [1.82, 2.24) is 9.80 Å². The summed E-state index contributed by atoms with van der Waals surface area (Å²) in [5.41, 5.74) is 0. The van der Waals surface area contributed by atoms with Crippen molar-refractivity contribution in [1.29, 1.82) is 5.26 Å². The number of carboxylic acid groups (broad SMARTS) is 1. The summed E-state index contributed by atoms with van der Waals surface area (Å²) in [4.78, 5) is 26.0. The molecule has 1 rings (SSSR count).